The van der Waals surface area contributed by atoms with Crippen LogP contribution in [0.15, 0.2) is 28.8 Å². The summed E-state index contributed by atoms with van der Waals surface area (Å²) in [6.07, 6.45) is 1.25. The Labute approximate surface area is 121 Å². The lowest BCUT2D eigenvalue weighted by molar-refractivity contribution is 0.0689. The summed E-state index contributed by atoms with van der Waals surface area (Å²) >= 11 is 0. The molecule has 0 aliphatic rings. The average Bonchev–Trinajstić information content (AvgIpc) is 2.77. The highest BCUT2D eigenvalue weighted by Gasteiger charge is 2.16. The van der Waals surface area contributed by atoms with Crippen molar-refractivity contribution in [2.75, 3.05) is 0 Å². The van der Waals surface area contributed by atoms with E-state index in [0.29, 0.717) is 5.56 Å². The minimum absolute atomic E-state index is 0.0964. The Morgan fingerprint density at radius 1 is 1.33 bits per heavy atom. The number of hydrogen-bond acceptors (Lipinski definition) is 4. The molecule has 2 N–H and O–H groups in total. The number of nitrogens with zero attached hydrogens (tertiary/aromatic N) is 1. The van der Waals surface area contributed by atoms with E-state index in [2.05, 4.69) is 10.3 Å². The molecule has 0 spiro atoms. The van der Waals surface area contributed by atoms with Crippen molar-refractivity contribution in [2.45, 2.75) is 26.8 Å². The molecule has 6 nitrogen and oxygen atoms in total. The van der Waals surface area contributed by atoms with E-state index in [1.54, 1.807) is 0 Å². The van der Waals surface area contributed by atoms with Crippen LogP contribution in [0.25, 0.3) is 0 Å². The zero-order valence-corrected chi connectivity index (χ0v) is 12.0. The standard InChI is InChI=1S/C15H16N2O4/c1-8-6-12(10(3)21-8)9(2)17-14(18)11-4-5-13(15(19)20)16-7-11/h4-7,9H,1-3H3,(H,17,18)(H,19,20). The van der Waals surface area contributed by atoms with Crippen LogP contribution in [-0.4, -0.2) is 22.0 Å². The summed E-state index contributed by atoms with van der Waals surface area (Å²) in [5.41, 5.74) is 1.13. The second-order valence-corrected chi connectivity index (χ2v) is 4.80. The third kappa shape index (κ3) is 3.28. The number of carboxylic acid groups (broad SMARTS) is 1. The van der Waals surface area contributed by atoms with Crippen molar-refractivity contribution < 1.29 is 19.1 Å². The molecule has 21 heavy (non-hydrogen) atoms. The number of aryl methyl sites for hydroxylation is 2. The maximum absolute atomic E-state index is 12.1. The molecule has 0 saturated carbocycles. The Bertz CT molecular complexity index is 673. The van der Waals surface area contributed by atoms with Crippen molar-refractivity contribution in [1.82, 2.24) is 10.3 Å². The predicted molar refractivity (Wildman–Crippen MR) is 75.3 cm³/mol. The van der Waals surface area contributed by atoms with Crippen LogP contribution < -0.4 is 5.32 Å². The quantitative estimate of drug-likeness (QED) is 0.901. The Morgan fingerprint density at radius 2 is 2.05 bits per heavy atom. The van der Waals surface area contributed by atoms with Crippen LogP contribution in [0.4, 0.5) is 0 Å². The van der Waals surface area contributed by atoms with E-state index in [4.69, 9.17) is 9.52 Å². The van der Waals surface area contributed by atoms with Crippen LogP contribution in [0.5, 0.6) is 0 Å². The summed E-state index contributed by atoms with van der Waals surface area (Å²) in [5, 5.41) is 11.6. The lowest BCUT2D eigenvalue weighted by Gasteiger charge is -2.13. The van der Waals surface area contributed by atoms with Crippen LogP contribution in [0.1, 0.15) is 50.9 Å². The molecule has 6 heteroatoms. The third-order valence-corrected chi connectivity index (χ3v) is 3.14. The molecule has 0 fully saturated rings. The van der Waals surface area contributed by atoms with E-state index < -0.39 is 5.97 Å². The number of carboxylic acids is 1. The van der Waals surface area contributed by atoms with Crippen molar-refractivity contribution in [1.29, 1.82) is 0 Å². The molecule has 110 valence electrons. The van der Waals surface area contributed by atoms with Gasteiger partial charge in [0.15, 0.2) is 0 Å². The van der Waals surface area contributed by atoms with E-state index in [9.17, 15) is 9.59 Å². The van der Waals surface area contributed by atoms with E-state index in [1.165, 1.54) is 18.3 Å². The van der Waals surface area contributed by atoms with Gasteiger partial charge in [-0.1, -0.05) is 0 Å². The van der Waals surface area contributed by atoms with Gasteiger partial charge in [-0.25, -0.2) is 9.78 Å². The molecule has 2 aromatic heterocycles. The summed E-state index contributed by atoms with van der Waals surface area (Å²) < 4.78 is 5.44. The number of nitrogens with one attached hydrogen (secondary N) is 1. The SMILES string of the molecule is Cc1cc(C(C)NC(=O)c2ccc(C(=O)O)nc2)c(C)o1. The predicted octanol–water partition coefficient (Wildman–Crippen LogP) is 2.48. The topological polar surface area (TPSA) is 92.4 Å². The first kappa shape index (κ1) is 14.8. The van der Waals surface area contributed by atoms with Crippen LogP contribution in [-0.2, 0) is 0 Å². The molecule has 0 bridgehead atoms. The van der Waals surface area contributed by atoms with Crippen molar-refractivity contribution >= 4 is 11.9 Å². The molecule has 0 radical (unpaired) electrons. The number of carbonyl (C=O) groups excluding carboxylic acids is 1. The molecular weight excluding hydrogens is 272 g/mol. The number of amides is 1. The van der Waals surface area contributed by atoms with Gasteiger partial charge in [0.2, 0.25) is 0 Å². The molecule has 2 heterocycles. The van der Waals surface area contributed by atoms with Gasteiger partial charge in [-0.3, -0.25) is 4.79 Å². The van der Waals surface area contributed by atoms with Gasteiger partial charge in [0.1, 0.15) is 17.2 Å². The van der Waals surface area contributed by atoms with Crippen LogP contribution in [0.2, 0.25) is 0 Å². The number of carbonyl (C=O) groups is 2. The second kappa shape index (κ2) is 5.78. The molecule has 0 aliphatic heterocycles. The lowest BCUT2D eigenvalue weighted by atomic mass is 10.1. The Kier molecular flexibility index (Phi) is 4.07. The van der Waals surface area contributed by atoms with E-state index in [1.807, 2.05) is 26.8 Å². The van der Waals surface area contributed by atoms with Gasteiger partial charge in [-0.05, 0) is 39.0 Å². The first-order chi connectivity index (χ1) is 9.88. The first-order valence-corrected chi connectivity index (χ1v) is 6.45. The highest BCUT2D eigenvalue weighted by molar-refractivity contribution is 5.95. The molecule has 0 aliphatic carbocycles. The molecule has 0 saturated heterocycles. The van der Waals surface area contributed by atoms with Crippen molar-refractivity contribution in [2.24, 2.45) is 0 Å². The number of rotatable bonds is 4. The molecule has 2 rings (SSSR count). The van der Waals surface area contributed by atoms with Gasteiger partial charge in [0.25, 0.3) is 5.91 Å². The van der Waals surface area contributed by atoms with Gasteiger partial charge in [0, 0.05) is 11.8 Å². The first-order valence-electron chi connectivity index (χ1n) is 6.45. The van der Waals surface area contributed by atoms with Gasteiger partial charge in [-0.2, -0.15) is 0 Å². The van der Waals surface area contributed by atoms with Crippen LogP contribution in [0, 0.1) is 13.8 Å². The molecule has 1 atom stereocenters. The summed E-state index contributed by atoms with van der Waals surface area (Å²) in [7, 11) is 0. The third-order valence-electron chi connectivity index (χ3n) is 3.14. The van der Waals surface area contributed by atoms with Crippen molar-refractivity contribution in [3.63, 3.8) is 0 Å². The minimum Gasteiger partial charge on any atom is -0.477 e. The summed E-state index contributed by atoms with van der Waals surface area (Å²) in [4.78, 5) is 26.5. The van der Waals surface area contributed by atoms with Crippen LogP contribution in [0.3, 0.4) is 0 Å². The number of furan rings is 1. The molecule has 0 aromatic carbocycles. The normalized spacial score (nSPS) is 12.0. The average molecular weight is 288 g/mol. The lowest BCUT2D eigenvalue weighted by Crippen LogP contribution is -2.27. The van der Waals surface area contributed by atoms with Gasteiger partial charge >= 0.3 is 5.97 Å². The highest BCUT2D eigenvalue weighted by atomic mass is 16.4. The fourth-order valence-corrected chi connectivity index (χ4v) is 2.09. The van der Waals surface area contributed by atoms with E-state index in [-0.39, 0.29) is 17.6 Å². The largest absolute Gasteiger partial charge is 0.477 e. The summed E-state index contributed by atoms with van der Waals surface area (Å²) in [6.45, 7) is 5.54. The van der Waals surface area contributed by atoms with Gasteiger partial charge in [0.05, 0.1) is 11.6 Å². The number of aromatic nitrogens is 1. The maximum atomic E-state index is 12.1. The fraction of sp³-hybridized carbons (Fsp3) is 0.267. The Hall–Kier alpha value is -2.63. The molecule has 2 aromatic rings. The smallest absolute Gasteiger partial charge is 0.354 e. The van der Waals surface area contributed by atoms with Crippen LogP contribution >= 0.6 is 0 Å². The summed E-state index contributed by atoms with van der Waals surface area (Å²) in [5.74, 6) is 0.112. The van der Waals surface area contributed by atoms with E-state index in [0.717, 1.165) is 17.1 Å². The zero-order chi connectivity index (χ0) is 15.6. The van der Waals surface area contributed by atoms with Gasteiger partial charge in [-0.15, -0.1) is 0 Å². The fourth-order valence-electron chi connectivity index (χ4n) is 2.09. The molecule has 1 amide bonds. The summed E-state index contributed by atoms with van der Waals surface area (Å²) in [6, 6.07) is 4.40. The van der Waals surface area contributed by atoms with Crippen molar-refractivity contribution in [3.8, 4) is 0 Å². The maximum Gasteiger partial charge on any atom is 0.354 e. The minimum atomic E-state index is -1.13. The second-order valence-electron chi connectivity index (χ2n) is 4.80. The number of hydrogen-bond donors (Lipinski definition) is 2. The Balaban J connectivity index is 2.10. The highest BCUT2D eigenvalue weighted by Crippen LogP contribution is 2.21. The number of aromatic carboxylic acids is 1. The molecule has 1 unspecified atom stereocenters. The zero-order valence-electron chi connectivity index (χ0n) is 12.0. The monoisotopic (exact) mass is 288 g/mol. The molecular formula is C15H16N2O4. The Morgan fingerprint density at radius 3 is 2.52 bits per heavy atom. The van der Waals surface area contributed by atoms with Crippen molar-refractivity contribution in [3.05, 3.63) is 52.7 Å². The number of pyridine rings is 1. The van der Waals surface area contributed by atoms with E-state index >= 15 is 0 Å². The van der Waals surface area contributed by atoms with Gasteiger partial charge < -0.3 is 14.8 Å².